The molecule has 3 aromatic rings. The molecule has 190 valence electrons. The Bertz CT molecular complexity index is 1190. The van der Waals surface area contributed by atoms with E-state index in [1.165, 1.54) is 16.8 Å². The number of hydrogen-bond donors (Lipinski definition) is 1. The van der Waals surface area contributed by atoms with Crippen LogP contribution in [0.25, 0.3) is 10.9 Å². The predicted octanol–water partition coefficient (Wildman–Crippen LogP) is 5.87. The van der Waals surface area contributed by atoms with Gasteiger partial charge in [0, 0.05) is 37.8 Å². The van der Waals surface area contributed by atoms with Crippen molar-refractivity contribution in [1.82, 2.24) is 9.47 Å². The van der Waals surface area contributed by atoms with Gasteiger partial charge in [-0.25, -0.2) is 4.39 Å². The first-order valence-corrected chi connectivity index (χ1v) is 11.3. The molecule has 0 aliphatic carbocycles. The van der Waals surface area contributed by atoms with Crippen molar-refractivity contribution in [2.24, 2.45) is 5.73 Å². The molecular formula is C24H25Cl2F4N3O2. The van der Waals surface area contributed by atoms with Gasteiger partial charge in [0.2, 0.25) is 0 Å². The van der Waals surface area contributed by atoms with E-state index in [2.05, 4.69) is 4.74 Å². The molecule has 1 aliphatic rings. The van der Waals surface area contributed by atoms with Crippen molar-refractivity contribution in [3.8, 4) is 0 Å². The summed E-state index contributed by atoms with van der Waals surface area (Å²) in [6.07, 6.45) is -2.03. The lowest BCUT2D eigenvalue weighted by atomic mass is 9.88. The van der Waals surface area contributed by atoms with Crippen LogP contribution in [0, 0.1) is 5.82 Å². The van der Waals surface area contributed by atoms with E-state index in [1.807, 2.05) is 0 Å². The zero-order valence-electron chi connectivity index (χ0n) is 18.7. The molecule has 1 fully saturated rings. The number of carbonyl (C=O) groups is 1. The molecule has 0 atom stereocenters. The Morgan fingerprint density at radius 3 is 2.54 bits per heavy atom. The van der Waals surface area contributed by atoms with Crippen LogP contribution >= 0.6 is 24.0 Å². The van der Waals surface area contributed by atoms with Crippen molar-refractivity contribution in [2.75, 3.05) is 19.7 Å². The summed E-state index contributed by atoms with van der Waals surface area (Å²) in [4.78, 5) is 15.0. The van der Waals surface area contributed by atoms with Crippen LogP contribution in [0.4, 0.5) is 17.6 Å². The molecule has 0 radical (unpaired) electrons. The first-order valence-electron chi connectivity index (χ1n) is 10.9. The molecule has 2 aromatic carbocycles. The van der Waals surface area contributed by atoms with Crippen LogP contribution in [0.3, 0.4) is 0 Å². The smallest absolute Gasteiger partial charge is 0.343 e. The third kappa shape index (κ3) is 6.09. The number of aromatic nitrogens is 1. The topological polar surface area (TPSA) is 60.5 Å². The highest BCUT2D eigenvalue weighted by Crippen LogP contribution is 2.33. The molecule has 1 aliphatic heterocycles. The summed E-state index contributed by atoms with van der Waals surface area (Å²) >= 11 is 6.31. The monoisotopic (exact) mass is 533 g/mol. The standard InChI is InChI=1S/C24H24ClF4N3O2.ClH/c25-20-3-1-2-17-19(14-32(22(17)20)10-11-34-24(27,28)29)23(33)31-8-6-16(7-9-31)18-12-15(13-30)4-5-21(18)26;/h1-5,12,14,16H,6-11,13,30H2;1H. The molecule has 1 aromatic heterocycles. The van der Waals surface area contributed by atoms with Crippen molar-refractivity contribution in [3.05, 3.63) is 70.1 Å². The van der Waals surface area contributed by atoms with E-state index in [9.17, 15) is 22.4 Å². The minimum Gasteiger partial charge on any atom is -0.343 e. The number of alkyl halides is 3. The highest BCUT2D eigenvalue weighted by atomic mass is 35.5. The van der Waals surface area contributed by atoms with Gasteiger partial charge in [0.1, 0.15) is 5.82 Å². The van der Waals surface area contributed by atoms with Gasteiger partial charge in [0.15, 0.2) is 0 Å². The van der Waals surface area contributed by atoms with Gasteiger partial charge in [-0.2, -0.15) is 0 Å². The van der Waals surface area contributed by atoms with Crippen LogP contribution < -0.4 is 5.73 Å². The van der Waals surface area contributed by atoms with Crippen molar-refractivity contribution in [2.45, 2.75) is 38.2 Å². The molecule has 0 spiro atoms. The second kappa shape index (κ2) is 11.2. The second-order valence-corrected chi connectivity index (χ2v) is 8.70. The summed E-state index contributed by atoms with van der Waals surface area (Å²) in [5, 5.41) is 0.894. The molecule has 4 rings (SSSR count). The van der Waals surface area contributed by atoms with E-state index in [-0.39, 0.29) is 36.6 Å². The zero-order valence-corrected chi connectivity index (χ0v) is 20.2. The Hall–Kier alpha value is -2.33. The van der Waals surface area contributed by atoms with E-state index in [0.29, 0.717) is 59.5 Å². The highest BCUT2D eigenvalue weighted by molar-refractivity contribution is 6.35. The number of piperidine rings is 1. The number of likely N-dealkylation sites (tertiary alicyclic amines) is 1. The minimum absolute atomic E-state index is 0. The maximum absolute atomic E-state index is 14.4. The molecule has 35 heavy (non-hydrogen) atoms. The Morgan fingerprint density at radius 1 is 1.17 bits per heavy atom. The van der Waals surface area contributed by atoms with Gasteiger partial charge in [-0.1, -0.05) is 35.9 Å². The Balaban J connectivity index is 0.00000342. The largest absolute Gasteiger partial charge is 0.522 e. The van der Waals surface area contributed by atoms with Crippen molar-refractivity contribution < 1.29 is 27.1 Å². The predicted molar refractivity (Wildman–Crippen MR) is 128 cm³/mol. The van der Waals surface area contributed by atoms with E-state index in [4.69, 9.17) is 17.3 Å². The van der Waals surface area contributed by atoms with Gasteiger partial charge >= 0.3 is 6.36 Å². The number of fused-ring (bicyclic) bond motifs is 1. The van der Waals surface area contributed by atoms with Crippen LogP contribution in [0.2, 0.25) is 5.02 Å². The number of halogens is 6. The number of nitrogens with zero attached hydrogens (tertiary/aromatic N) is 2. The molecule has 0 saturated carbocycles. The maximum atomic E-state index is 14.4. The van der Waals surface area contributed by atoms with E-state index >= 15 is 0 Å². The Labute approximate surface area is 211 Å². The molecule has 11 heteroatoms. The minimum atomic E-state index is -4.74. The molecule has 2 N–H and O–H groups in total. The number of rotatable bonds is 6. The number of nitrogens with two attached hydrogens (primary N) is 1. The highest BCUT2D eigenvalue weighted by Gasteiger charge is 2.30. The van der Waals surface area contributed by atoms with Crippen LogP contribution in [-0.4, -0.2) is 41.4 Å². The number of ether oxygens (including phenoxy) is 1. The quantitative estimate of drug-likeness (QED) is 0.403. The maximum Gasteiger partial charge on any atom is 0.522 e. The SMILES string of the molecule is Cl.NCc1ccc(F)c(C2CCN(C(=O)c3cn(CCOC(F)(F)F)c4c(Cl)cccc34)CC2)c1. The molecule has 5 nitrogen and oxygen atoms in total. The third-order valence-electron chi connectivity index (χ3n) is 6.20. The van der Waals surface area contributed by atoms with E-state index < -0.39 is 13.0 Å². The number of benzene rings is 2. The summed E-state index contributed by atoms with van der Waals surface area (Å²) in [5.74, 6) is -0.538. The van der Waals surface area contributed by atoms with Crippen LogP contribution in [-0.2, 0) is 17.8 Å². The Kier molecular flexibility index (Phi) is 8.69. The fourth-order valence-electron chi connectivity index (χ4n) is 4.52. The lowest BCUT2D eigenvalue weighted by molar-refractivity contribution is -0.325. The van der Waals surface area contributed by atoms with Gasteiger partial charge in [-0.3, -0.25) is 9.53 Å². The molecule has 2 heterocycles. The van der Waals surface area contributed by atoms with Gasteiger partial charge in [0.25, 0.3) is 5.91 Å². The number of carbonyl (C=O) groups excluding carboxylic acids is 1. The zero-order chi connectivity index (χ0) is 24.5. The first kappa shape index (κ1) is 27.3. The summed E-state index contributed by atoms with van der Waals surface area (Å²) in [6.45, 7) is 0.461. The van der Waals surface area contributed by atoms with Gasteiger partial charge in [0.05, 0.1) is 22.7 Å². The first-order chi connectivity index (χ1) is 16.2. The van der Waals surface area contributed by atoms with E-state index in [0.717, 1.165) is 5.56 Å². The molecule has 1 amide bonds. The van der Waals surface area contributed by atoms with Crippen molar-refractivity contribution >= 4 is 40.8 Å². The Morgan fingerprint density at radius 2 is 1.89 bits per heavy atom. The van der Waals surface area contributed by atoms with Gasteiger partial charge < -0.3 is 15.2 Å². The van der Waals surface area contributed by atoms with Crippen molar-refractivity contribution in [3.63, 3.8) is 0 Å². The van der Waals surface area contributed by atoms with Crippen LogP contribution in [0.1, 0.15) is 40.2 Å². The van der Waals surface area contributed by atoms with Crippen molar-refractivity contribution in [1.29, 1.82) is 0 Å². The lowest BCUT2D eigenvalue weighted by Gasteiger charge is -2.32. The molecular weight excluding hydrogens is 509 g/mol. The summed E-state index contributed by atoms with van der Waals surface area (Å²) in [5.41, 5.74) is 7.99. The molecule has 0 unspecified atom stereocenters. The lowest BCUT2D eigenvalue weighted by Crippen LogP contribution is -2.38. The van der Waals surface area contributed by atoms with Gasteiger partial charge in [-0.05, 0) is 42.0 Å². The summed E-state index contributed by atoms with van der Waals surface area (Å²) in [7, 11) is 0. The summed E-state index contributed by atoms with van der Waals surface area (Å²) < 4.78 is 57.0. The van der Waals surface area contributed by atoms with Crippen LogP contribution in [0.5, 0.6) is 0 Å². The average molecular weight is 534 g/mol. The van der Waals surface area contributed by atoms with Gasteiger partial charge in [-0.15, -0.1) is 25.6 Å². The number of para-hydroxylation sites is 1. The molecule has 1 saturated heterocycles. The average Bonchev–Trinajstić information content (AvgIpc) is 3.18. The van der Waals surface area contributed by atoms with Crippen LogP contribution in [0.15, 0.2) is 42.6 Å². The third-order valence-corrected chi connectivity index (χ3v) is 6.50. The van der Waals surface area contributed by atoms with E-state index in [1.54, 1.807) is 35.2 Å². The number of amides is 1. The molecule has 0 bridgehead atoms. The summed E-state index contributed by atoms with van der Waals surface area (Å²) in [6, 6.07) is 9.91. The fourth-order valence-corrected chi connectivity index (χ4v) is 4.80. The second-order valence-electron chi connectivity index (χ2n) is 8.29. The normalized spacial score (nSPS) is 14.9. The number of hydrogen-bond acceptors (Lipinski definition) is 3. The fraction of sp³-hybridized carbons (Fsp3) is 0.375.